The molecule has 0 aliphatic heterocycles. The topological polar surface area (TPSA) is 29.1 Å². The second-order valence-electron chi connectivity index (χ2n) is 4.78. The summed E-state index contributed by atoms with van der Waals surface area (Å²) in [6.45, 7) is 4.47. The zero-order valence-corrected chi connectivity index (χ0v) is 10.4. The minimum atomic E-state index is -0.671. The first-order valence-corrected chi connectivity index (χ1v) is 7.36. The van der Waals surface area contributed by atoms with Crippen LogP contribution in [0.25, 0.3) is 0 Å². The third kappa shape index (κ3) is 4.56. The van der Waals surface area contributed by atoms with E-state index in [4.69, 9.17) is 0 Å². The predicted octanol–water partition coefficient (Wildman–Crippen LogP) is 1.92. The van der Waals surface area contributed by atoms with Gasteiger partial charge in [-0.15, -0.1) is 0 Å². The summed E-state index contributed by atoms with van der Waals surface area (Å²) < 4.78 is 11.0. The van der Waals surface area contributed by atoms with E-state index in [1.54, 1.807) is 6.26 Å². The van der Waals surface area contributed by atoms with Crippen LogP contribution < -0.4 is 5.32 Å². The van der Waals surface area contributed by atoms with Crippen molar-refractivity contribution in [3.05, 3.63) is 0 Å². The van der Waals surface area contributed by atoms with Crippen molar-refractivity contribution in [3.63, 3.8) is 0 Å². The molecule has 1 saturated carbocycles. The van der Waals surface area contributed by atoms with Crippen LogP contribution in [0.15, 0.2) is 0 Å². The van der Waals surface area contributed by atoms with Gasteiger partial charge in [0.15, 0.2) is 0 Å². The first kappa shape index (κ1) is 12.2. The third-order valence-corrected chi connectivity index (χ3v) is 3.91. The maximum absolute atomic E-state index is 11.0. The Hall–Kier alpha value is 0.110. The predicted molar refractivity (Wildman–Crippen MR) is 63.0 cm³/mol. The Morgan fingerprint density at radius 3 is 2.79 bits per heavy atom. The molecule has 2 nitrogen and oxygen atoms in total. The number of hydrogen-bond acceptors (Lipinski definition) is 2. The van der Waals surface area contributed by atoms with E-state index >= 15 is 0 Å². The van der Waals surface area contributed by atoms with Crippen molar-refractivity contribution in [1.29, 1.82) is 0 Å². The lowest BCUT2D eigenvalue weighted by Gasteiger charge is -2.30. The van der Waals surface area contributed by atoms with E-state index in [2.05, 4.69) is 19.2 Å². The Morgan fingerprint density at radius 1 is 1.50 bits per heavy atom. The second-order valence-corrected chi connectivity index (χ2v) is 6.26. The fraction of sp³-hybridized carbons (Fsp3) is 1.00. The molecule has 1 rings (SSSR count). The largest absolute Gasteiger partial charge is 0.311 e. The highest BCUT2D eigenvalue weighted by Gasteiger charge is 2.20. The first-order chi connectivity index (χ1) is 6.58. The van der Waals surface area contributed by atoms with Crippen molar-refractivity contribution in [3.8, 4) is 0 Å². The van der Waals surface area contributed by atoms with E-state index in [-0.39, 0.29) is 0 Å². The molecule has 4 unspecified atom stereocenters. The quantitative estimate of drug-likeness (QED) is 0.779. The summed E-state index contributed by atoms with van der Waals surface area (Å²) in [7, 11) is -0.671. The van der Waals surface area contributed by atoms with Crippen LogP contribution in [-0.2, 0) is 10.8 Å². The van der Waals surface area contributed by atoms with Crippen LogP contribution in [0, 0.1) is 5.92 Å². The lowest BCUT2D eigenvalue weighted by molar-refractivity contribution is 0.289. The minimum absolute atomic E-state index is 0.399. The molecule has 0 radical (unpaired) electrons. The molecule has 1 fully saturated rings. The fourth-order valence-corrected chi connectivity index (χ4v) is 3.19. The van der Waals surface area contributed by atoms with Gasteiger partial charge in [-0.05, 0) is 25.7 Å². The maximum atomic E-state index is 11.0. The molecule has 84 valence electrons. The summed E-state index contributed by atoms with van der Waals surface area (Å²) in [6, 6.07) is 1.06. The highest BCUT2D eigenvalue weighted by atomic mass is 32.2. The molecule has 1 aliphatic rings. The van der Waals surface area contributed by atoms with Crippen LogP contribution in [0.1, 0.15) is 39.5 Å². The van der Waals surface area contributed by atoms with Gasteiger partial charge in [-0.3, -0.25) is 4.21 Å². The van der Waals surface area contributed by atoms with E-state index in [0.717, 1.165) is 11.7 Å². The van der Waals surface area contributed by atoms with Gasteiger partial charge < -0.3 is 5.32 Å². The van der Waals surface area contributed by atoms with Gasteiger partial charge >= 0.3 is 0 Å². The number of nitrogens with one attached hydrogen (secondary N) is 1. The van der Waals surface area contributed by atoms with Gasteiger partial charge in [0.2, 0.25) is 0 Å². The van der Waals surface area contributed by atoms with Gasteiger partial charge in [0.25, 0.3) is 0 Å². The molecule has 0 heterocycles. The summed E-state index contributed by atoms with van der Waals surface area (Å²) in [5.74, 6) is 1.64. The maximum Gasteiger partial charge on any atom is 0.0383 e. The third-order valence-electron chi connectivity index (χ3n) is 2.94. The van der Waals surface area contributed by atoms with E-state index in [0.29, 0.717) is 12.1 Å². The van der Waals surface area contributed by atoms with Crippen LogP contribution in [0.3, 0.4) is 0 Å². The monoisotopic (exact) mass is 217 g/mol. The summed E-state index contributed by atoms with van der Waals surface area (Å²) in [5, 5.41) is 3.59. The molecular formula is C11H23NOS. The molecule has 0 spiro atoms. The molecule has 0 saturated heterocycles. The molecule has 0 aromatic rings. The average Bonchev–Trinajstić information content (AvgIpc) is 2.01. The van der Waals surface area contributed by atoms with Crippen molar-refractivity contribution in [2.24, 2.45) is 5.92 Å². The van der Waals surface area contributed by atoms with Gasteiger partial charge in [-0.1, -0.05) is 19.8 Å². The van der Waals surface area contributed by atoms with Gasteiger partial charge in [-0.25, -0.2) is 0 Å². The van der Waals surface area contributed by atoms with Crippen molar-refractivity contribution in [1.82, 2.24) is 5.32 Å². The normalized spacial score (nSPS) is 32.5. The Bertz CT molecular complexity index is 196. The Kier molecular flexibility index (Phi) is 5.10. The van der Waals surface area contributed by atoms with Gasteiger partial charge in [-0.2, -0.15) is 0 Å². The molecule has 0 aromatic carbocycles. The van der Waals surface area contributed by atoms with E-state index < -0.39 is 10.8 Å². The van der Waals surface area contributed by atoms with Gasteiger partial charge in [0.05, 0.1) is 0 Å². The number of hydrogen-bond donors (Lipinski definition) is 1. The number of rotatable bonds is 4. The van der Waals surface area contributed by atoms with Crippen LogP contribution in [0.5, 0.6) is 0 Å². The molecule has 1 N–H and O–H groups in total. The van der Waals surface area contributed by atoms with Crippen molar-refractivity contribution >= 4 is 10.8 Å². The zero-order valence-electron chi connectivity index (χ0n) is 9.58. The Balaban J connectivity index is 2.25. The van der Waals surface area contributed by atoms with Crippen molar-refractivity contribution in [2.45, 2.75) is 51.6 Å². The Morgan fingerprint density at radius 2 is 2.21 bits per heavy atom. The van der Waals surface area contributed by atoms with Crippen molar-refractivity contribution in [2.75, 3.05) is 12.0 Å². The summed E-state index contributed by atoms with van der Waals surface area (Å²) in [6.07, 6.45) is 7.10. The molecule has 3 heteroatoms. The molecule has 4 atom stereocenters. The van der Waals surface area contributed by atoms with Crippen LogP contribution in [0.2, 0.25) is 0 Å². The highest BCUT2D eigenvalue weighted by Crippen LogP contribution is 2.23. The molecule has 0 aromatic heterocycles. The van der Waals surface area contributed by atoms with Crippen LogP contribution in [0.4, 0.5) is 0 Å². The molecule has 0 amide bonds. The van der Waals surface area contributed by atoms with Crippen LogP contribution in [-0.4, -0.2) is 28.3 Å². The fourth-order valence-electron chi connectivity index (χ4n) is 2.39. The van der Waals surface area contributed by atoms with Crippen molar-refractivity contribution < 1.29 is 4.21 Å². The molecule has 14 heavy (non-hydrogen) atoms. The molecule has 1 aliphatic carbocycles. The summed E-state index contributed by atoms with van der Waals surface area (Å²) in [5.41, 5.74) is 0. The van der Waals surface area contributed by atoms with E-state index in [9.17, 15) is 4.21 Å². The second kappa shape index (κ2) is 5.86. The molecule has 0 bridgehead atoms. The molecular weight excluding hydrogens is 194 g/mol. The lowest BCUT2D eigenvalue weighted by atomic mass is 9.87. The van der Waals surface area contributed by atoms with Gasteiger partial charge in [0, 0.05) is 34.9 Å². The average molecular weight is 217 g/mol. The first-order valence-electron chi connectivity index (χ1n) is 5.64. The standard InChI is InChI=1S/C11H23NOS/c1-9-5-4-6-11(7-9)12-10(2)8-14(3)13/h9-12H,4-8H2,1-3H3. The highest BCUT2D eigenvalue weighted by molar-refractivity contribution is 7.84. The summed E-state index contributed by atoms with van der Waals surface area (Å²) >= 11 is 0. The zero-order chi connectivity index (χ0) is 10.6. The lowest BCUT2D eigenvalue weighted by Crippen LogP contribution is -2.41. The van der Waals surface area contributed by atoms with Crippen LogP contribution >= 0.6 is 0 Å². The Labute approximate surface area is 90.3 Å². The van der Waals surface area contributed by atoms with Gasteiger partial charge in [0.1, 0.15) is 0 Å². The SMILES string of the molecule is CC1CCCC(NC(C)CS(C)=O)C1. The van der Waals surface area contributed by atoms with E-state index in [1.807, 2.05) is 0 Å². The van der Waals surface area contributed by atoms with E-state index in [1.165, 1.54) is 25.7 Å². The smallest absolute Gasteiger partial charge is 0.0383 e. The summed E-state index contributed by atoms with van der Waals surface area (Å²) in [4.78, 5) is 0. The minimum Gasteiger partial charge on any atom is -0.311 e.